The van der Waals surface area contributed by atoms with E-state index in [1.165, 1.54) is 19.3 Å². The molecule has 1 atom stereocenters. The number of nitrogen functional groups attached to an aromatic ring is 1. The van der Waals surface area contributed by atoms with Gasteiger partial charge in [-0.15, -0.1) is 0 Å². The van der Waals surface area contributed by atoms with E-state index in [2.05, 4.69) is 38.1 Å². The zero-order chi connectivity index (χ0) is 13.7. The second-order valence-corrected chi connectivity index (χ2v) is 5.56. The molecule has 3 N–H and O–H groups in total. The van der Waals surface area contributed by atoms with Crippen molar-refractivity contribution in [1.29, 1.82) is 0 Å². The normalized spacial score (nSPS) is 13.0. The summed E-state index contributed by atoms with van der Waals surface area (Å²) < 4.78 is 1.85. The van der Waals surface area contributed by atoms with Crippen LogP contribution >= 0.6 is 0 Å². The Balaban J connectivity index is 2.53. The molecule has 4 nitrogen and oxygen atoms in total. The van der Waals surface area contributed by atoms with E-state index in [-0.39, 0.29) is 0 Å². The van der Waals surface area contributed by atoms with Crippen molar-refractivity contribution in [2.75, 3.05) is 11.1 Å². The summed E-state index contributed by atoms with van der Waals surface area (Å²) in [4.78, 5) is 0. The van der Waals surface area contributed by atoms with Crippen LogP contribution in [0.4, 0.5) is 11.5 Å². The fourth-order valence-electron chi connectivity index (χ4n) is 2.17. The first kappa shape index (κ1) is 14.9. The first-order valence-corrected chi connectivity index (χ1v) is 7.03. The van der Waals surface area contributed by atoms with Crippen molar-refractivity contribution < 1.29 is 0 Å². The lowest BCUT2D eigenvalue weighted by molar-refractivity contribution is 0.519. The minimum Gasteiger partial charge on any atom is -0.394 e. The van der Waals surface area contributed by atoms with Gasteiger partial charge in [-0.3, -0.25) is 4.68 Å². The minimum atomic E-state index is 0.436. The zero-order valence-electron chi connectivity index (χ0n) is 12.5. The number of hydrogen-bond acceptors (Lipinski definition) is 3. The Hall–Kier alpha value is -1.19. The number of nitrogens with zero attached hydrogens (tertiary/aromatic N) is 2. The van der Waals surface area contributed by atoms with Crippen molar-refractivity contribution in [2.24, 2.45) is 13.0 Å². The van der Waals surface area contributed by atoms with Crippen LogP contribution in [0.5, 0.6) is 0 Å². The first-order chi connectivity index (χ1) is 8.45. The lowest BCUT2D eigenvalue weighted by atomic mass is 10.0. The predicted molar refractivity (Wildman–Crippen MR) is 78.8 cm³/mol. The molecule has 0 spiro atoms. The average molecular weight is 252 g/mol. The molecule has 0 bridgehead atoms. The van der Waals surface area contributed by atoms with Crippen LogP contribution in [-0.4, -0.2) is 15.8 Å². The van der Waals surface area contributed by atoms with Crippen LogP contribution in [0.3, 0.4) is 0 Å². The van der Waals surface area contributed by atoms with Crippen LogP contribution in [0.15, 0.2) is 0 Å². The molecule has 0 saturated carbocycles. The Morgan fingerprint density at radius 2 is 1.94 bits per heavy atom. The minimum absolute atomic E-state index is 0.436. The molecule has 0 saturated heterocycles. The van der Waals surface area contributed by atoms with E-state index in [0.29, 0.717) is 6.04 Å². The molecule has 1 heterocycles. The Kier molecular flexibility index (Phi) is 5.51. The molecule has 0 amide bonds. The van der Waals surface area contributed by atoms with Gasteiger partial charge in [0, 0.05) is 13.1 Å². The zero-order valence-corrected chi connectivity index (χ0v) is 12.5. The maximum Gasteiger partial charge on any atom is 0.147 e. The third kappa shape index (κ3) is 3.93. The standard InChI is InChI=1S/C14H28N4/c1-6-12-13(15)14(18(5)17-12)16-11(4)9-7-8-10(2)3/h10-11,16H,6-9,15H2,1-5H3. The van der Waals surface area contributed by atoms with Crippen molar-refractivity contribution in [3.63, 3.8) is 0 Å². The van der Waals surface area contributed by atoms with Crippen molar-refractivity contribution in [3.05, 3.63) is 5.69 Å². The van der Waals surface area contributed by atoms with Gasteiger partial charge in [-0.25, -0.2) is 0 Å². The molecule has 18 heavy (non-hydrogen) atoms. The number of nitrogens with two attached hydrogens (primary N) is 1. The van der Waals surface area contributed by atoms with Crippen LogP contribution in [0, 0.1) is 5.92 Å². The van der Waals surface area contributed by atoms with Crippen molar-refractivity contribution >= 4 is 11.5 Å². The Labute approximate surface area is 111 Å². The van der Waals surface area contributed by atoms with Gasteiger partial charge in [-0.05, 0) is 25.7 Å². The molecule has 0 aliphatic carbocycles. The first-order valence-electron chi connectivity index (χ1n) is 7.03. The van der Waals surface area contributed by atoms with E-state index in [9.17, 15) is 0 Å². The molecule has 104 valence electrons. The fraction of sp³-hybridized carbons (Fsp3) is 0.786. The fourth-order valence-corrected chi connectivity index (χ4v) is 2.17. The van der Waals surface area contributed by atoms with E-state index in [1.54, 1.807) is 0 Å². The lowest BCUT2D eigenvalue weighted by Crippen LogP contribution is -2.18. The predicted octanol–water partition coefficient (Wildman–Crippen LogP) is 3.19. The summed E-state index contributed by atoms with van der Waals surface area (Å²) in [5, 5.41) is 7.90. The second kappa shape index (κ2) is 6.66. The van der Waals surface area contributed by atoms with E-state index in [1.807, 2.05) is 11.7 Å². The van der Waals surface area contributed by atoms with E-state index in [4.69, 9.17) is 5.73 Å². The van der Waals surface area contributed by atoms with Gasteiger partial charge < -0.3 is 11.1 Å². The molecule has 1 aromatic heterocycles. The van der Waals surface area contributed by atoms with Crippen LogP contribution in [-0.2, 0) is 13.5 Å². The van der Waals surface area contributed by atoms with Gasteiger partial charge in [0.05, 0.1) is 11.4 Å². The highest BCUT2D eigenvalue weighted by atomic mass is 15.3. The van der Waals surface area contributed by atoms with Gasteiger partial charge in [-0.2, -0.15) is 5.10 Å². The van der Waals surface area contributed by atoms with Gasteiger partial charge in [0.1, 0.15) is 5.82 Å². The summed E-state index contributed by atoms with van der Waals surface area (Å²) in [7, 11) is 1.94. The lowest BCUT2D eigenvalue weighted by Gasteiger charge is -2.16. The number of anilines is 2. The van der Waals surface area contributed by atoms with E-state index in [0.717, 1.165) is 29.5 Å². The molecular formula is C14H28N4. The molecule has 0 fully saturated rings. The van der Waals surface area contributed by atoms with Crippen molar-refractivity contribution in [1.82, 2.24) is 9.78 Å². The Bertz CT molecular complexity index is 368. The number of aryl methyl sites for hydroxylation is 2. The number of hydrogen-bond donors (Lipinski definition) is 2. The summed E-state index contributed by atoms with van der Waals surface area (Å²) in [5.74, 6) is 1.74. The number of aromatic nitrogens is 2. The van der Waals surface area contributed by atoms with Gasteiger partial charge in [-0.1, -0.05) is 33.6 Å². The molecule has 1 unspecified atom stereocenters. The molecule has 4 heteroatoms. The van der Waals surface area contributed by atoms with Crippen LogP contribution < -0.4 is 11.1 Å². The highest BCUT2D eigenvalue weighted by Gasteiger charge is 2.13. The van der Waals surface area contributed by atoms with Gasteiger partial charge in [0.2, 0.25) is 0 Å². The van der Waals surface area contributed by atoms with E-state index < -0.39 is 0 Å². The van der Waals surface area contributed by atoms with Crippen LogP contribution in [0.25, 0.3) is 0 Å². The highest BCUT2D eigenvalue weighted by molar-refractivity contribution is 5.65. The summed E-state index contributed by atoms with van der Waals surface area (Å²) in [6.45, 7) is 8.82. The molecule has 0 aliphatic rings. The number of rotatable bonds is 7. The molecule has 1 rings (SSSR count). The summed E-state index contributed by atoms with van der Waals surface area (Å²) >= 11 is 0. The third-order valence-corrected chi connectivity index (χ3v) is 3.30. The largest absolute Gasteiger partial charge is 0.394 e. The molecule has 1 aromatic rings. The van der Waals surface area contributed by atoms with Crippen LogP contribution in [0.1, 0.15) is 52.7 Å². The summed E-state index contributed by atoms with van der Waals surface area (Å²) in [6.07, 6.45) is 4.59. The topological polar surface area (TPSA) is 55.9 Å². The third-order valence-electron chi connectivity index (χ3n) is 3.30. The monoisotopic (exact) mass is 252 g/mol. The highest BCUT2D eigenvalue weighted by Crippen LogP contribution is 2.23. The second-order valence-electron chi connectivity index (χ2n) is 5.56. The summed E-state index contributed by atoms with van der Waals surface area (Å²) in [5.41, 5.74) is 7.88. The van der Waals surface area contributed by atoms with Gasteiger partial charge in [0.25, 0.3) is 0 Å². The molecule has 0 aromatic carbocycles. The maximum atomic E-state index is 6.09. The smallest absolute Gasteiger partial charge is 0.147 e. The SMILES string of the molecule is CCc1nn(C)c(NC(C)CCCC(C)C)c1N. The Morgan fingerprint density at radius 3 is 2.44 bits per heavy atom. The maximum absolute atomic E-state index is 6.09. The molecule has 0 aliphatic heterocycles. The quantitative estimate of drug-likeness (QED) is 0.783. The molecule has 0 radical (unpaired) electrons. The van der Waals surface area contributed by atoms with Gasteiger partial charge in [0.15, 0.2) is 0 Å². The van der Waals surface area contributed by atoms with Crippen molar-refractivity contribution in [2.45, 2.75) is 59.4 Å². The summed E-state index contributed by atoms with van der Waals surface area (Å²) in [6, 6.07) is 0.436. The Morgan fingerprint density at radius 1 is 1.28 bits per heavy atom. The van der Waals surface area contributed by atoms with Crippen molar-refractivity contribution in [3.8, 4) is 0 Å². The van der Waals surface area contributed by atoms with Crippen LogP contribution in [0.2, 0.25) is 0 Å². The molecular weight excluding hydrogens is 224 g/mol. The number of nitrogens with one attached hydrogen (secondary N) is 1. The van der Waals surface area contributed by atoms with E-state index >= 15 is 0 Å². The van der Waals surface area contributed by atoms with Gasteiger partial charge >= 0.3 is 0 Å². The average Bonchev–Trinajstić information content (AvgIpc) is 2.56.